The highest BCUT2D eigenvalue weighted by Gasteiger charge is 2.17. The zero-order chi connectivity index (χ0) is 14.3. The molecule has 0 saturated heterocycles. The summed E-state index contributed by atoms with van der Waals surface area (Å²) in [6.45, 7) is 0. The van der Waals surface area contributed by atoms with Gasteiger partial charge in [0.25, 0.3) is 5.69 Å². The van der Waals surface area contributed by atoms with Crippen molar-refractivity contribution in [3.05, 3.63) is 56.8 Å². The molecule has 0 aliphatic carbocycles. The Morgan fingerprint density at radius 3 is 2.80 bits per heavy atom. The van der Waals surface area contributed by atoms with E-state index in [-0.39, 0.29) is 17.1 Å². The molecule has 0 unspecified atom stereocenters. The van der Waals surface area contributed by atoms with Crippen LogP contribution in [0.25, 0.3) is 22.6 Å². The zero-order valence-corrected chi connectivity index (χ0v) is 11.4. The van der Waals surface area contributed by atoms with Gasteiger partial charge in [0.15, 0.2) is 5.58 Å². The van der Waals surface area contributed by atoms with Crippen molar-refractivity contribution in [1.29, 1.82) is 0 Å². The summed E-state index contributed by atoms with van der Waals surface area (Å²) in [4.78, 5) is 14.3. The van der Waals surface area contributed by atoms with Crippen molar-refractivity contribution in [2.24, 2.45) is 0 Å². The number of halogens is 2. The van der Waals surface area contributed by atoms with E-state index in [9.17, 15) is 14.5 Å². The van der Waals surface area contributed by atoms with Crippen LogP contribution in [0, 0.1) is 15.9 Å². The summed E-state index contributed by atoms with van der Waals surface area (Å²) in [7, 11) is 0. The van der Waals surface area contributed by atoms with Crippen LogP contribution in [0.4, 0.5) is 10.1 Å². The Kier molecular flexibility index (Phi) is 2.98. The standard InChI is InChI=1S/C13H6BrFN2O3/c14-7-1-4-12-11(5-7)16-13(20-12)9-6-8(17(18)19)2-3-10(9)15/h1-6H. The van der Waals surface area contributed by atoms with Crippen LogP contribution in [0.5, 0.6) is 0 Å². The highest BCUT2D eigenvalue weighted by atomic mass is 79.9. The molecule has 0 N–H and O–H groups in total. The largest absolute Gasteiger partial charge is 0.436 e. The van der Waals surface area contributed by atoms with Crippen molar-refractivity contribution in [2.75, 3.05) is 0 Å². The lowest BCUT2D eigenvalue weighted by Gasteiger charge is -1.97. The molecule has 5 nitrogen and oxygen atoms in total. The maximum Gasteiger partial charge on any atom is 0.270 e. The van der Waals surface area contributed by atoms with Crippen molar-refractivity contribution < 1.29 is 13.7 Å². The predicted molar refractivity (Wildman–Crippen MR) is 73.8 cm³/mol. The van der Waals surface area contributed by atoms with Gasteiger partial charge in [0.05, 0.1) is 10.5 Å². The number of fused-ring (bicyclic) bond motifs is 1. The van der Waals surface area contributed by atoms with Gasteiger partial charge in [-0.2, -0.15) is 0 Å². The molecule has 0 aliphatic rings. The van der Waals surface area contributed by atoms with Gasteiger partial charge in [-0.1, -0.05) is 15.9 Å². The van der Waals surface area contributed by atoms with Gasteiger partial charge < -0.3 is 4.42 Å². The highest BCUT2D eigenvalue weighted by Crippen LogP contribution is 2.30. The Labute approximate surface area is 120 Å². The Balaban J connectivity index is 2.19. The summed E-state index contributed by atoms with van der Waals surface area (Å²) in [5.74, 6) is -0.611. The lowest BCUT2D eigenvalue weighted by molar-refractivity contribution is -0.384. The second-order valence-corrected chi connectivity index (χ2v) is 4.97. The summed E-state index contributed by atoms with van der Waals surface area (Å²) < 4.78 is 20.0. The fourth-order valence-electron chi connectivity index (χ4n) is 1.81. The second-order valence-electron chi connectivity index (χ2n) is 4.05. The van der Waals surface area contributed by atoms with E-state index in [1.807, 2.05) is 0 Å². The first kappa shape index (κ1) is 12.7. The summed E-state index contributed by atoms with van der Waals surface area (Å²) in [6, 6.07) is 8.40. The number of oxazole rings is 1. The van der Waals surface area contributed by atoms with Gasteiger partial charge in [-0.15, -0.1) is 0 Å². The maximum atomic E-state index is 13.8. The van der Waals surface area contributed by atoms with Crippen molar-refractivity contribution >= 4 is 32.7 Å². The topological polar surface area (TPSA) is 69.2 Å². The van der Waals surface area contributed by atoms with E-state index in [4.69, 9.17) is 4.42 Å². The molecule has 100 valence electrons. The minimum atomic E-state index is -0.624. The minimum absolute atomic E-state index is 0.0132. The van der Waals surface area contributed by atoms with E-state index < -0.39 is 10.7 Å². The van der Waals surface area contributed by atoms with Gasteiger partial charge >= 0.3 is 0 Å². The first-order valence-electron chi connectivity index (χ1n) is 5.55. The van der Waals surface area contributed by atoms with Crippen molar-refractivity contribution in [1.82, 2.24) is 4.98 Å². The van der Waals surface area contributed by atoms with Crippen molar-refractivity contribution in [2.45, 2.75) is 0 Å². The third-order valence-corrected chi connectivity index (χ3v) is 3.23. The molecule has 7 heteroatoms. The van der Waals surface area contributed by atoms with Gasteiger partial charge in [-0.05, 0) is 24.3 Å². The number of hydrogen-bond acceptors (Lipinski definition) is 4. The summed E-state index contributed by atoms with van der Waals surface area (Å²) >= 11 is 3.30. The summed E-state index contributed by atoms with van der Waals surface area (Å²) in [5.41, 5.74) is 0.769. The molecule has 0 radical (unpaired) electrons. The third-order valence-electron chi connectivity index (χ3n) is 2.74. The maximum absolute atomic E-state index is 13.8. The minimum Gasteiger partial charge on any atom is -0.436 e. The van der Waals surface area contributed by atoms with Crippen LogP contribution in [0.3, 0.4) is 0 Å². The quantitative estimate of drug-likeness (QED) is 0.516. The molecular formula is C13H6BrFN2O3. The first-order valence-corrected chi connectivity index (χ1v) is 6.34. The molecule has 0 spiro atoms. The monoisotopic (exact) mass is 336 g/mol. The molecule has 1 heterocycles. The number of nitro benzene ring substituents is 1. The van der Waals surface area contributed by atoms with Crippen LogP contribution in [0.15, 0.2) is 45.3 Å². The molecule has 0 amide bonds. The van der Waals surface area contributed by atoms with Crippen LogP contribution in [0.1, 0.15) is 0 Å². The van der Waals surface area contributed by atoms with E-state index in [0.717, 1.165) is 22.7 Å². The van der Waals surface area contributed by atoms with E-state index >= 15 is 0 Å². The SMILES string of the molecule is O=[N+]([O-])c1ccc(F)c(-c2nc3cc(Br)ccc3o2)c1. The Morgan fingerprint density at radius 1 is 1.25 bits per heavy atom. The Morgan fingerprint density at radius 2 is 2.05 bits per heavy atom. The first-order chi connectivity index (χ1) is 9.54. The molecular weight excluding hydrogens is 331 g/mol. The smallest absolute Gasteiger partial charge is 0.270 e. The zero-order valence-electron chi connectivity index (χ0n) is 9.84. The van der Waals surface area contributed by atoms with Crippen LogP contribution >= 0.6 is 15.9 Å². The van der Waals surface area contributed by atoms with Gasteiger partial charge in [-0.3, -0.25) is 10.1 Å². The van der Waals surface area contributed by atoms with Gasteiger partial charge in [-0.25, -0.2) is 9.37 Å². The van der Waals surface area contributed by atoms with Crippen LogP contribution in [-0.4, -0.2) is 9.91 Å². The van der Waals surface area contributed by atoms with E-state index in [0.29, 0.717) is 11.1 Å². The van der Waals surface area contributed by atoms with E-state index in [1.165, 1.54) is 0 Å². The molecule has 0 aliphatic heterocycles. The number of nitro groups is 1. The molecule has 20 heavy (non-hydrogen) atoms. The second kappa shape index (κ2) is 4.68. The van der Waals surface area contributed by atoms with Crippen LogP contribution < -0.4 is 0 Å². The summed E-state index contributed by atoms with van der Waals surface area (Å²) in [6.07, 6.45) is 0. The molecule has 3 rings (SSSR count). The van der Waals surface area contributed by atoms with Gasteiger partial charge in [0, 0.05) is 16.6 Å². The molecule has 3 aromatic rings. The number of benzene rings is 2. The Bertz CT molecular complexity index is 832. The van der Waals surface area contributed by atoms with Crippen LogP contribution in [0.2, 0.25) is 0 Å². The van der Waals surface area contributed by atoms with Crippen molar-refractivity contribution in [3.8, 4) is 11.5 Å². The average Bonchev–Trinajstić information content (AvgIpc) is 2.81. The number of non-ortho nitro benzene ring substituents is 1. The number of aromatic nitrogens is 1. The number of rotatable bonds is 2. The number of hydrogen-bond donors (Lipinski definition) is 0. The predicted octanol–water partition coefficient (Wildman–Crippen LogP) is 4.30. The molecule has 0 saturated carbocycles. The van der Waals surface area contributed by atoms with Crippen molar-refractivity contribution in [3.63, 3.8) is 0 Å². The fraction of sp³-hybridized carbons (Fsp3) is 0. The third kappa shape index (κ3) is 2.16. The molecule has 0 atom stereocenters. The molecule has 1 aromatic heterocycles. The highest BCUT2D eigenvalue weighted by molar-refractivity contribution is 9.10. The molecule has 2 aromatic carbocycles. The van der Waals surface area contributed by atoms with E-state index in [2.05, 4.69) is 20.9 Å². The lowest BCUT2D eigenvalue weighted by Crippen LogP contribution is -1.91. The number of nitrogens with zero attached hydrogens (tertiary/aromatic N) is 2. The summed E-state index contributed by atoms with van der Waals surface area (Å²) in [5, 5.41) is 10.7. The Hall–Kier alpha value is -2.28. The van der Waals surface area contributed by atoms with Crippen LogP contribution in [-0.2, 0) is 0 Å². The van der Waals surface area contributed by atoms with E-state index in [1.54, 1.807) is 18.2 Å². The average molecular weight is 337 g/mol. The van der Waals surface area contributed by atoms with Gasteiger partial charge in [0.1, 0.15) is 11.3 Å². The molecule has 0 bridgehead atoms. The fourth-order valence-corrected chi connectivity index (χ4v) is 2.16. The lowest BCUT2D eigenvalue weighted by atomic mass is 10.2. The van der Waals surface area contributed by atoms with Gasteiger partial charge in [0.2, 0.25) is 5.89 Å². The molecule has 0 fully saturated rings. The normalized spacial score (nSPS) is 10.9.